The molecule has 4 nitrogen and oxygen atoms in total. The molecule has 2 N–H and O–H groups in total. The van der Waals surface area contributed by atoms with Gasteiger partial charge in [0.05, 0.1) is 12.2 Å². The Bertz CT molecular complexity index is 713. The first-order valence-electron chi connectivity index (χ1n) is 6.54. The van der Waals surface area contributed by atoms with E-state index in [9.17, 15) is 18.0 Å². The number of benzene rings is 2. The molecule has 2 rings (SSSR count). The molecule has 0 aromatic heterocycles. The Hall–Kier alpha value is -2.41. The lowest BCUT2D eigenvalue weighted by Crippen LogP contribution is -2.32. The van der Waals surface area contributed by atoms with Crippen molar-refractivity contribution in [1.29, 1.82) is 0 Å². The van der Waals surface area contributed by atoms with Crippen molar-refractivity contribution in [2.45, 2.75) is 0 Å². The van der Waals surface area contributed by atoms with Crippen LogP contribution in [0.15, 0.2) is 36.4 Å². The summed E-state index contributed by atoms with van der Waals surface area (Å²) in [6, 6.07) is 7.58. The first-order chi connectivity index (χ1) is 11.0. The minimum atomic E-state index is -1.65. The van der Waals surface area contributed by atoms with Crippen LogP contribution in [0.1, 0.15) is 0 Å². The number of amides is 2. The van der Waals surface area contributed by atoms with Gasteiger partial charge in [-0.3, -0.25) is 0 Å². The van der Waals surface area contributed by atoms with Gasteiger partial charge in [0.15, 0.2) is 17.5 Å². The van der Waals surface area contributed by atoms with Gasteiger partial charge in [0.2, 0.25) is 0 Å². The molecule has 0 saturated carbocycles. The molecule has 0 radical (unpaired) electrons. The number of anilines is 1. The number of carbonyl (C=O) groups excluding carboxylic acids is 1. The van der Waals surface area contributed by atoms with Gasteiger partial charge in [-0.2, -0.15) is 0 Å². The summed E-state index contributed by atoms with van der Waals surface area (Å²) in [5, 5.41) is 4.98. The SMILES string of the molecule is O=C(NCCOc1cccc(Cl)c1)Nc1ccc(F)c(F)c1F. The van der Waals surface area contributed by atoms with Gasteiger partial charge in [-0.1, -0.05) is 17.7 Å². The normalized spacial score (nSPS) is 10.3. The van der Waals surface area contributed by atoms with Crippen LogP contribution in [0.3, 0.4) is 0 Å². The van der Waals surface area contributed by atoms with Crippen LogP contribution in [-0.2, 0) is 0 Å². The van der Waals surface area contributed by atoms with E-state index in [1.165, 1.54) is 0 Å². The van der Waals surface area contributed by atoms with E-state index in [0.717, 1.165) is 12.1 Å². The number of urea groups is 1. The number of carbonyl (C=O) groups is 1. The summed E-state index contributed by atoms with van der Waals surface area (Å²) >= 11 is 5.78. The number of nitrogens with one attached hydrogen (secondary N) is 2. The Morgan fingerprint density at radius 3 is 2.65 bits per heavy atom. The van der Waals surface area contributed by atoms with Crippen LogP contribution < -0.4 is 15.4 Å². The van der Waals surface area contributed by atoms with Crippen LogP contribution in [0.5, 0.6) is 5.75 Å². The third kappa shape index (κ3) is 4.79. The van der Waals surface area contributed by atoms with Crippen molar-refractivity contribution in [2.24, 2.45) is 0 Å². The zero-order valence-corrected chi connectivity index (χ0v) is 12.5. The predicted molar refractivity (Wildman–Crippen MR) is 80.3 cm³/mol. The van der Waals surface area contributed by atoms with Gasteiger partial charge in [-0.15, -0.1) is 0 Å². The van der Waals surface area contributed by atoms with Gasteiger partial charge in [-0.25, -0.2) is 18.0 Å². The minimum absolute atomic E-state index is 0.115. The van der Waals surface area contributed by atoms with Gasteiger partial charge in [-0.05, 0) is 30.3 Å². The molecule has 2 amide bonds. The molecular weight excluding hydrogens is 333 g/mol. The van der Waals surface area contributed by atoms with Crippen LogP contribution in [-0.4, -0.2) is 19.2 Å². The average Bonchev–Trinajstić information content (AvgIpc) is 2.52. The van der Waals surface area contributed by atoms with Crippen molar-refractivity contribution in [3.63, 3.8) is 0 Å². The fourth-order valence-electron chi connectivity index (χ4n) is 1.68. The number of rotatable bonds is 5. The molecule has 23 heavy (non-hydrogen) atoms. The Morgan fingerprint density at radius 1 is 1.13 bits per heavy atom. The number of ether oxygens (including phenoxy) is 1. The van der Waals surface area contributed by atoms with Crippen molar-refractivity contribution in [3.05, 3.63) is 58.9 Å². The standard InChI is InChI=1S/C15H12ClF3N2O2/c16-9-2-1-3-10(8-9)23-7-6-20-15(22)21-12-5-4-11(17)13(18)14(12)19/h1-5,8H,6-7H2,(H2,20,21,22). The smallest absolute Gasteiger partial charge is 0.319 e. The third-order valence-corrected chi connectivity index (χ3v) is 2.97. The molecule has 0 spiro atoms. The van der Waals surface area contributed by atoms with Crippen molar-refractivity contribution >= 4 is 23.3 Å². The van der Waals surface area contributed by atoms with Crippen molar-refractivity contribution in [1.82, 2.24) is 5.32 Å². The highest BCUT2D eigenvalue weighted by atomic mass is 35.5. The minimum Gasteiger partial charge on any atom is -0.492 e. The molecule has 0 saturated heterocycles. The molecule has 0 aliphatic carbocycles. The average molecular weight is 345 g/mol. The van der Waals surface area contributed by atoms with E-state index in [0.29, 0.717) is 10.8 Å². The second kappa shape index (κ2) is 7.73. The molecular formula is C15H12ClF3N2O2. The van der Waals surface area contributed by atoms with E-state index < -0.39 is 29.2 Å². The first kappa shape index (κ1) is 17.0. The molecule has 0 unspecified atom stereocenters. The quantitative estimate of drug-likeness (QED) is 0.637. The predicted octanol–water partition coefficient (Wildman–Crippen LogP) is 3.96. The van der Waals surface area contributed by atoms with E-state index in [4.69, 9.17) is 16.3 Å². The molecule has 2 aromatic rings. The summed E-state index contributed by atoms with van der Waals surface area (Å²) in [4.78, 5) is 11.5. The van der Waals surface area contributed by atoms with Crippen molar-refractivity contribution in [3.8, 4) is 5.75 Å². The van der Waals surface area contributed by atoms with E-state index in [1.807, 2.05) is 0 Å². The molecule has 2 aromatic carbocycles. The van der Waals surface area contributed by atoms with Crippen LogP contribution in [0.4, 0.5) is 23.7 Å². The lowest BCUT2D eigenvalue weighted by molar-refractivity contribution is 0.247. The molecule has 0 bridgehead atoms. The topological polar surface area (TPSA) is 50.4 Å². The molecule has 0 aliphatic rings. The second-order valence-electron chi connectivity index (χ2n) is 4.41. The summed E-state index contributed by atoms with van der Waals surface area (Å²) < 4.78 is 44.5. The van der Waals surface area contributed by atoms with Crippen LogP contribution in [0.2, 0.25) is 5.02 Å². The van der Waals surface area contributed by atoms with Gasteiger partial charge < -0.3 is 15.4 Å². The Morgan fingerprint density at radius 2 is 1.91 bits per heavy atom. The fraction of sp³-hybridized carbons (Fsp3) is 0.133. The molecule has 0 fully saturated rings. The lowest BCUT2D eigenvalue weighted by atomic mass is 10.3. The molecule has 8 heteroatoms. The molecule has 122 valence electrons. The Kier molecular flexibility index (Phi) is 5.70. The zero-order valence-electron chi connectivity index (χ0n) is 11.7. The van der Waals surface area contributed by atoms with Crippen molar-refractivity contribution < 1.29 is 22.7 Å². The first-order valence-corrected chi connectivity index (χ1v) is 6.92. The van der Waals surface area contributed by atoms with E-state index in [-0.39, 0.29) is 13.2 Å². The Balaban J connectivity index is 1.78. The van der Waals surface area contributed by atoms with E-state index in [1.54, 1.807) is 24.3 Å². The number of hydrogen-bond donors (Lipinski definition) is 2. The molecule has 0 heterocycles. The van der Waals surface area contributed by atoms with Gasteiger partial charge in [0, 0.05) is 5.02 Å². The summed E-state index contributed by atoms with van der Waals surface area (Å²) in [5.74, 6) is -3.91. The zero-order chi connectivity index (χ0) is 16.8. The van der Waals surface area contributed by atoms with E-state index in [2.05, 4.69) is 10.6 Å². The van der Waals surface area contributed by atoms with Gasteiger partial charge >= 0.3 is 6.03 Å². The maximum Gasteiger partial charge on any atom is 0.319 e. The highest BCUT2D eigenvalue weighted by Crippen LogP contribution is 2.19. The monoisotopic (exact) mass is 344 g/mol. The lowest BCUT2D eigenvalue weighted by Gasteiger charge is -2.10. The van der Waals surface area contributed by atoms with Gasteiger partial charge in [0.25, 0.3) is 0 Å². The summed E-state index contributed by atoms with van der Waals surface area (Å²) in [6.07, 6.45) is 0. The molecule has 0 atom stereocenters. The van der Waals surface area contributed by atoms with Gasteiger partial charge in [0.1, 0.15) is 12.4 Å². The van der Waals surface area contributed by atoms with E-state index >= 15 is 0 Å². The maximum atomic E-state index is 13.4. The second-order valence-corrected chi connectivity index (χ2v) is 4.85. The third-order valence-electron chi connectivity index (χ3n) is 2.74. The number of hydrogen-bond acceptors (Lipinski definition) is 2. The van der Waals surface area contributed by atoms with Crippen LogP contribution in [0.25, 0.3) is 0 Å². The highest BCUT2D eigenvalue weighted by molar-refractivity contribution is 6.30. The fourth-order valence-corrected chi connectivity index (χ4v) is 1.86. The van der Waals surface area contributed by atoms with Crippen molar-refractivity contribution in [2.75, 3.05) is 18.5 Å². The highest BCUT2D eigenvalue weighted by Gasteiger charge is 2.14. The summed E-state index contributed by atoms with van der Waals surface area (Å²) in [5.41, 5.74) is -0.461. The number of halogens is 4. The van der Waals surface area contributed by atoms with Crippen LogP contribution >= 0.6 is 11.6 Å². The Labute approximate surface area is 135 Å². The van der Waals surface area contributed by atoms with Crippen LogP contribution in [0, 0.1) is 17.5 Å². The molecule has 0 aliphatic heterocycles. The summed E-state index contributed by atoms with van der Waals surface area (Å²) in [7, 11) is 0. The maximum absolute atomic E-state index is 13.4. The largest absolute Gasteiger partial charge is 0.492 e. The summed E-state index contributed by atoms with van der Waals surface area (Å²) in [6.45, 7) is 0.262.